The first kappa shape index (κ1) is 30.7. The Morgan fingerprint density at radius 1 is 0.436 bits per heavy atom. The van der Waals surface area contributed by atoms with Crippen molar-refractivity contribution >= 4 is 71.1 Å². The van der Waals surface area contributed by atoms with E-state index in [1.807, 2.05) is 24.3 Å². The number of rotatable bonds is 4. The molecule has 0 aliphatic carbocycles. The number of nitriles is 1. The predicted molar refractivity (Wildman–Crippen MR) is 226 cm³/mol. The van der Waals surface area contributed by atoms with Gasteiger partial charge in [-0.1, -0.05) is 103 Å². The zero-order valence-corrected chi connectivity index (χ0v) is 29.5. The summed E-state index contributed by atoms with van der Waals surface area (Å²) >= 11 is 0. The SMILES string of the molecule is [C-]#[N+]c1cc(-n2c3ccc(C#N)cc3c3cccc(-n4c5ccccc5c5ccccc54)c32)ccc1-c1cccc(-n2c3ccccc3c3ccccc32)c1. The quantitative estimate of drug-likeness (QED) is 0.169. The van der Waals surface area contributed by atoms with Crippen LogP contribution in [0.5, 0.6) is 0 Å². The van der Waals surface area contributed by atoms with E-state index in [-0.39, 0.29) is 0 Å². The highest BCUT2D eigenvalue weighted by Crippen LogP contribution is 2.42. The fourth-order valence-electron chi connectivity index (χ4n) is 8.76. The summed E-state index contributed by atoms with van der Waals surface area (Å²) in [6.07, 6.45) is 0. The molecule has 0 aliphatic rings. The van der Waals surface area contributed by atoms with Crippen LogP contribution in [-0.2, 0) is 0 Å². The fraction of sp³-hybridized carbons (Fsp3) is 0. The van der Waals surface area contributed by atoms with Gasteiger partial charge in [-0.25, -0.2) is 4.85 Å². The highest BCUT2D eigenvalue weighted by atomic mass is 15.1. The van der Waals surface area contributed by atoms with Gasteiger partial charge in [0, 0.05) is 43.7 Å². The number of hydrogen-bond acceptors (Lipinski definition) is 1. The van der Waals surface area contributed by atoms with Crippen molar-refractivity contribution in [2.75, 3.05) is 0 Å². The molecule has 5 heteroatoms. The van der Waals surface area contributed by atoms with Crippen molar-refractivity contribution in [3.05, 3.63) is 193 Å². The highest BCUT2D eigenvalue weighted by Gasteiger charge is 2.21. The maximum absolute atomic E-state index is 9.93. The van der Waals surface area contributed by atoms with Crippen LogP contribution >= 0.6 is 0 Å². The second-order valence-corrected chi connectivity index (χ2v) is 14.0. The molecule has 0 spiro atoms. The molecule has 0 N–H and O–H groups in total. The molecule has 0 unspecified atom stereocenters. The van der Waals surface area contributed by atoms with Gasteiger partial charge in [-0.3, -0.25) is 0 Å². The lowest BCUT2D eigenvalue weighted by Crippen LogP contribution is -2.00. The topological polar surface area (TPSA) is 42.9 Å². The van der Waals surface area contributed by atoms with Crippen LogP contribution < -0.4 is 0 Å². The summed E-state index contributed by atoms with van der Waals surface area (Å²) in [6.45, 7) is 8.45. The Morgan fingerprint density at radius 3 is 1.60 bits per heavy atom. The molecule has 0 saturated heterocycles. The van der Waals surface area contributed by atoms with Crippen LogP contribution in [0.1, 0.15) is 5.56 Å². The van der Waals surface area contributed by atoms with Gasteiger partial charge in [0.1, 0.15) is 0 Å². The van der Waals surface area contributed by atoms with E-state index in [0.717, 1.165) is 72.1 Å². The molecule has 254 valence electrons. The minimum atomic E-state index is 0.565. The van der Waals surface area contributed by atoms with Gasteiger partial charge in [0.15, 0.2) is 5.69 Å². The minimum Gasteiger partial charge on any atom is -0.309 e. The van der Waals surface area contributed by atoms with E-state index in [1.54, 1.807) is 0 Å². The summed E-state index contributed by atoms with van der Waals surface area (Å²) < 4.78 is 6.92. The smallest absolute Gasteiger partial charge is 0.196 e. The van der Waals surface area contributed by atoms with Crippen LogP contribution in [0.25, 0.3) is 98.5 Å². The summed E-state index contributed by atoms with van der Waals surface area (Å²) in [5.41, 5.74) is 12.5. The molecule has 0 radical (unpaired) electrons. The second kappa shape index (κ2) is 11.8. The second-order valence-electron chi connectivity index (χ2n) is 14.0. The largest absolute Gasteiger partial charge is 0.309 e. The van der Waals surface area contributed by atoms with Gasteiger partial charge in [-0.05, 0) is 83.9 Å². The van der Waals surface area contributed by atoms with Crippen molar-refractivity contribution in [3.8, 4) is 34.3 Å². The maximum Gasteiger partial charge on any atom is 0.196 e. The van der Waals surface area contributed by atoms with Crippen LogP contribution in [0.15, 0.2) is 176 Å². The van der Waals surface area contributed by atoms with Crippen molar-refractivity contribution in [1.82, 2.24) is 13.7 Å². The zero-order chi connectivity index (χ0) is 36.6. The van der Waals surface area contributed by atoms with Crippen LogP contribution in [0.2, 0.25) is 0 Å². The lowest BCUT2D eigenvalue weighted by atomic mass is 10.0. The first-order chi connectivity index (χ1) is 27.2. The fourth-order valence-corrected chi connectivity index (χ4v) is 8.76. The van der Waals surface area contributed by atoms with Crippen molar-refractivity contribution in [2.45, 2.75) is 0 Å². The summed E-state index contributed by atoms with van der Waals surface area (Å²) in [7, 11) is 0. The predicted octanol–water partition coefficient (Wildman–Crippen LogP) is 13.1. The number of aromatic nitrogens is 3. The first-order valence-electron chi connectivity index (χ1n) is 18.3. The van der Waals surface area contributed by atoms with Gasteiger partial charge in [-0.15, -0.1) is 0 Å². The number of para-hydroxylation sites is 5. The molecule has 55 heavy (non-hydrogen) atoms. The summed E-state index contributed by atoms with van der Waals surface area (Å²) in [5.74, 6) is 0. The van der Waals surface area contributed by atoms with E-state index >= 15 is 0 Å². The van der Waals surface area contributed by atoms with Crippen LogP contribution in [0.3, 0.4) is 0 Å². The third kappa shape index (κ3) is 4.45. The maximum atomic E-state index is 9.93. The third-order valence-corrected chi connectivity index (χ3v) is 11.1. The number of hydrogen-bond donors (Lipinski definition) is 0. The molecule has 0 saturated carbocycles. The lowest BCUT2D eigenvalue weighted by Gasteiger charge is -2.16. The Labute approximate surface area is 316 Å². The van der Waals surface area contributed by atoms with E-state index < -0.39 is 0 Å². The molecule has 11 aromatic rings. The Kier molecular flexibility index (Phi) is 6.61. The molecule has 5 nitrogen and oxygen atoms in total. The van der Waals surface area contributed by atoms with Gasteiger partial charge >= 0.3 is 0 Å². The van der Waals surface area contributed by atoms with Crippen LogP contribution in [-0.4, -0.2) is 13.7 Å². The number of nitrogens with zero attached hydrogens (tertiary/aromatic N) is 5. The van der Waals surface area contributed by atoms with Gasteiger partial charge in [0.25, 0.3) is 0 Å². The first-order valence-corrected chi connectivity index (χ1v) is 18.3. The van der Waals surface area contributed by atoms with E-state index in [4.69, 9.17) is 6.57 Å². The van der Waals surface area contributed by atoms with Gasteiger partial charge in [0.05, 0.1) is 57.0 Å². The van der Waals surface area contributed by atoms with Gasteiger partial charge in [-0.2, -0.15) is 5.26 Å². The van der Waals surface area contributed by atoms with Gasteiger partial charge in [0.2, 0.25) is 0 Å². The molecule has 0 fully saturated rings. The highest BCUT2D eigenvalue weighted by molar-refractivity contribution is 6.15. The molecule has 11 rings (SSSR count). The summed E-state index contributed by atoms with van der Waals surface area (Å²) in [4.78, 5) is 4.13. The van der Waals surface area contributed by atoms with Crippen molar-refractivity contribution in [1.29, 1.82) is 5.26 Å². The van der Waals surface area contributed by atoms with Crippen molar-refractivity contribution < 1.29 is 0 Å². The van der Waals surface area contributed by atoms with Crippen LogP contribution in [0.4, 0.5) is 5.69 Å². The molecular weight excluding hydrogens is 671 g/mol. The summed E-state index contributed by atoms with van der Waals surface area (Å²) in [5, 5.41) is 16.8. The van der Waals surface area contributed by atoms with Crippen LogP contribution in [0, 0.1) is 17.9 Å². The van der Waals surface area contributed by atoms with E-state index in [2.05, 4.69) is 176 Å². The van der Waals surface area contributed by atoms with Gasteiger partial charge < -0.3 is 13.7 Å². The van der Waals surface area contributed by atoms with Crippen molar-refractivity contribution in [2.24, 2.45) is 0 Å². The summed E-state index contributed by atoms with van der Waals surface area (Å²) in [6, 6.07) is 63.4. The Morgan fingerprint density at radius 2 is 0.982 bits per heavy atom. The lowest BCUT2D eigenvalue weighted by molar-refractivity contribution is 1.13. The monoisotopic (exact) mass is 699 g/mol. The molecule has 0 amide bonds. The van der Waals surface area contributed by atoms with E-state index in [0.29, 0.717) is 11.3 Å². The molecule has 8 aromatic carbocycles. The van der Waals surface area contributed by atoms with Crippen molar-refractivity contribution in [3.63, 3.8) is 0 Å². The Balaban J connectivity index is 1.14. The molecule has 0 aliphatic heterocycles. The molecular formula is C50H29N5. The zero-order valence-electron chi connectivity index (χ0n) is 29.5. The Bertz CT molecular complexity index is 3360. The molecule has 0 atom stereocenters. The Hall–Kier alpha value is -7.86. The average molecular weight is 700 g/mol. The van der Waals surface area contributed by atoms with E-state index in [9.17, 15) is 5.26 Å². The molecule has 3 heterocycles. The molecule has 3 aromatic heterocycles. The minimum absolute atomic E-state index is 0.565. The molecule has 0 bridgehead atoms. The third-order valence-electron chi connectivity index (χ3n) is 11.1. The number of fused-ring (bicyclic) bond motifs is 9. The number of benzene rings is 8. The average Bonchev–Trinajstić information content (AvgIpc) is 3.89. The van der Waals surface area contributed by atoms with E-state index in [1.165, 1.54) is 21.5 Å². The standard InChI is InChI=1S/C50H29N5/c1-52-43-30-35(25-26-36(43)33-12-10-13-34(29-33)53-44-19-6-2-14-37(44)38-15-3-7-20-45(38)53)54-48-27-24-32(31-51)28-42(48)41-18-11-23-49(50(41)54)55-46-21-8-4-16-39(46)40-17-5-9-22-47(40)55/h2-30H. The normalized spacial score (nSPS) is 11.6.